The van der Waals surface area contributed by atoms with E-state index in [4.69, 9.17) is 21.1 Å². The summed E-state index contributed by atoms with van der Waals surface area (Å²) in [6, 6.07) is 12.0. The van der Waals surface area contributed by atoms with Gasteiger partial charge in [0.15, 0.2) is 6.61 Å². The van der Waals surface area contributed by atoms with Crippen molar-refractivity contribution in [1.29, 1.82) is 0 Å². The lowest BCUT2D eigenvalue weighted by molar-refractivity contribution is -0.123. The molecule has 1 amide bonds. The molecule has 1 fully saturated rings. The molecular formula is C21H25ClN2O5S2. The van der Waals surface area contributed by atoms with Crippen LogP contribution in [0.5, 0.6) is 5.75 Å². The summed E-state index contributed by atoms with van der Waals surface area (Å²) < 4.78 is 37.5. The molecule has 1 heterocycles. The number of benzene rings is 2. The van der Waals surface area contributed by atoms with Crippen molar-refractivity contribution in [3.05, 3.63) is 53.1 Å². The number of amides is 1. The molecule has 0 saturated carbocycles. The van der Waals surface area contributed by atoms with Gasteiger partial charge >= 0.3 is 0 Å². The number of carbonyl (C=O) groups excluding carboxylic acids is 1. The number of carbonyl (C=O) groups is 1. The van der Waals surface area contributed by atoms with Crippen molar-refractivity contribution in [2.45, 2.75) is 22.8 Å². The highest BCUT2D eigenvalue weighted by Gasteiger charge is 2.27. The number of hydrogen-bond acceptors (Lipinski definition) is 6. The zero-order valence-electron chi connectivity index (χ0n) is 17.3. The fraction of sp³-hybridized carbons (Fsp3) is 0.381. The lowest BCUT2D eigenvalue weighted by atomic mass is 10.1. The Bertz CT molecular complexity index is 1010. The van der Waals surface area contributed by atoms with Crippen molar-refractivity contribution in [2.24, 2.45) is 0 Å². The normalized spacial score (nSPS) is 16.0. The molecule has 3 rings (SSSR count). The number of hydrogen-bond donors (Lipinski definition) is 1. The Balaban J connectivity index is 1.58. The van der Waals surface area contributed by atoms with Gasteiger partial charge in [-0.05, 0) is 49.1 Å². The molecule has 1 aliphatic rings. The van der Waals surface area contributed by atoms with E-state index in [0.717, 1.165) is 10.5 Å². The van der Waals surface area contributed by atoms with Crippen molar-refractivity contribution >= 4 is 39.3 Å². The molecule has 2 aromatic rings. The number of morpholine rings is 1. The molecule has 7 nitrogen and oxygen atoms in total. The van der Waals surface area contributed by atoms with Crippen molar-refractivity contribution in [2.75, 3.05) is 39.2 Å². The zero-order valence-corrected chi connectivity index (χ0v) is 19.7. The highest BCUT2D eigenvalue weighted by molar-refractivity contribution is 7.98. The van der Waals surface area contributed by atoms with Crippen LogP contribution in [0, 0.1) is 0 Å². The summed E-state index contributed by atoms with van der Waals surface area (Å²) in [5, 5.41) is 3.00. The maximum Gasteiger partial charge on any atom is 0.258 e. The molecule has 0 aliphatic carbocycles. The maximum absolute atomic E-state index is 12.7. The number of nitrogens with one attached hydrogen (secondary N) is 1. The Morgan fingerprint density at radius 2 is 1.90 bits per heavy atom. The van der Waals surface area contributed by atoms with Gasteiger partial charge in [-0.1, -0.05) is 23.7 Å². The molecule has 2 aromatic carbocycles. The van der Waals surface area contributed by atoms with E-state index in [1.165, 1.54) is 22.5 Å². The zero-order chi connectivity index (χ0) is 22.4. The van der Waals surface area contributed by atoms with Gasteiger partial charge in [0.1, 0.15) is 5.75 Å². The van der Waals surface area contributed by atoms with E-state index in [1.807, 2.05) is 37.4 Å². The molecule has 0 spiro atoms. The van der Waals surface area contributed by atoms with Crippen LogP contribution in [-0.4, -0.2) is 57.8 Å². The van der Waals surface area contributed by atoms with Gasteiger partial charge in [-0.15, -0.1) is 11.8 Å². The van der Waals surface area contributed by atoms with Gasteiger partial charge in [0.25, 0.3) is 5.91 Å². The summed E-state index contributed by atoms with van der Waals surface area (Å²) in [5.41, 5.74) is 0.988. The summed E-state index contributed by atoms with van der Waals surface area (Å²) in [5.74, 6) is -0.0581. The van der Waals surface area contributed by atoms with Crippen molar-refractivity contribution in [3.8, 4) is 5.75 Å². The lowest BCUT2D eigenvalue weighted by Gasteiger charge is -2.26. The predicted molar refractivity (Wildman–Crippen MR) is 121 cm³/mol. The molecule has 0 bridgehead atoms. The monoisotopic (exact) mass is 484 g/mol. The number of thioether (sulfide) groups is 1. The minimum absolute atomic E-state index is 0.0820. The third-order valence-corrected chi connectivity index (χ3v) is 7.80. The Labute approximate surface area is 192 Å². The fourth-order valence-electron chi connectivity index (χ4n) is 3.10. The molecule has 1 aliphatic heterocycles. The minimum atomic E-state index is -3.65. The second kappa shape index (κ2) is 10.7. The summed E-state index contributed by atoms with van der Waals surface area (Å²) in [4.78, 5) is 13.5. The second-order valence-corrected chi connectivity index (χ2v) is 10.2. The molecule has 31 heavy (non-hydrogen) atoms. The lowest BCUT2D eigenvalue weighted by Crippen LogP contribution is -2.40. The van der Waals surface area contributed by atoms with E-state index >= 15 is 0 Å². The van der Waals surface area contributed by atoms with Gasteiger partial charge in [-0.25, -0.2) is 8.42 Å². The van der Waals surface area contributed by atoms with Crippen LogP contribution in [0.25, 0.3) is 0 Å². The average molecular weight is 485 g/mol. The van der Waals surface area contributed by atoms with E-state index < -0.39 is 10.0 Å². The Kier molecular flexibility index (Phi) is 8.23. The first-order chi connectivity index (χ1) is 14.8. The van der Waals surface area contributed by atoms with E-state index in [-0.39, 0.29) is 34.2 Å². The number of ether oxygens (including phenoxy) is 2. The molecular weight excluding hydrogens is 460 g/mol. The summed E-state index contributed by atoms with van der Waals surface area (Å²) >= 11 is 7.88. The Morgan fingerprint density at radius 1 is 1.23 bits per heavy atom. The molecule has 168 valence electrons. The van der Waals surface area contributed by atoms with Gasteiger partial charge < -0.3 is 14.8 Å². The molecule has 0 radical (unpaired) electrons. The molecule has 1 N–H and O–H groups in total. The quantitative estimate of drug-likeness (QED) is 0.578. The van der Waals surface area contributed by atoms with Crippen LogP contribution in [-0.2, 0) is 19.6 Å². The SMILES string of the molecule is CSc1ccc([C@@H](C)NC(=O)COc2ccc(S(=O)(=O)N3CCOCC3)cc2Cl)cc1. The highest BCUT2D eigenvalue weighted by Crippen LogP contribution is 2.29. The van der Waals surface area contributed by atoms with Crippen molar-refractivity contribution in [1.82, 2.24) is 9.62 Å². The number of nitrogens with zero attached hydrogens (tertiary/aromatic N) is 1. The number of halogens is 1. The van der Waals surface area contributed by atoms with Crippen LogP contribution in [0.4, 0.5) is 0 Å². The van der Waals surface area contributed by atoms with Gasteiger partial charge in [0.05, 0.1) is 29.2 Å². The molecule has 0 unspecified atom stereocenters. The van der Waals surface area contributed by atoms with E-state index in [0.29, 0.717) is 26.3 Å². The molecule has 1 atom stereocenters. The first kappa shape index (κ1) is 23.9. The Morgan fingerprint density at radius 3 is 2.52 bits per heavy atom. The minimum Gasteiger partial charge on any atom is -0.482 e. The van der Waals surface area contributed by atoms with Crippen molar-refractivity contribution in [3.63, 3.8) is 0 Å². The second-order valence-electron chi connectivity index (χ2n) is 6.96. The summed E-state index contributed by atoms with van der Waals surface area (Å²) in [6.07, 6.45) is 2.01. The van der Waals surface area contributed by atoms with Crippen LogP contribution in [0.3, 0.4) is 0 Å². The van der Waals surface area contributed by atoms with E-state index in [9.17, 15) is 13.2 Å². The van der Waals surface area contributed by atoms with Crippen LogP contribution in [0.15, 0.2) is 52.3 Å². The first-order valence-corrected chi connectivity index (χ1v) is 12.8. The number of rotatable bonds is 8. The van der Waals surface area contributed by atoms with E-state index in [1.54, 1.807) is 11.8 Å². The smallest absolute Gasteiger partial charge is 0.258 e. The first-order valence-electron chi connectivity index (χ1n) is 9.75. The van der Waals surface area contributed by atoms with Crippen LogP contribution in [0.1, 0.15) is 18.5 Å². The molecule has 0 aromatic heterocycles. The topological polar surface area (TPSA) is 84.9 Å². The predicted octanol–water partition coefficient (Wildman–Crippen LogP) is 3.34. The van der Waals surface area contributed by atoms with Crippen LogP contribution >= 0.6 is 23.4 Å². The largest absolute Gasteiger partial charge is 0.482 e. The third kappa shape index (κ3) is 6.14. The van der Waals surface area contributed by atoms with E-state index in [2.05, 4.69) is 5.32 Å². The highest BCUT2D eigenvalue weighted by atomic mass is 35.5. The average Bonchev–Trinajstić information content (AvgIpc) is 2.78. The number of sulfonamides is 1. The van der Waals surface area contributed by atoms with Crippen LogP contribution < -0.4 is 10.1 Å². The molecule has 10 heteroatoms. The fourth-order valence-corrected chi connectivity index (χ4v) is 5.24. The Hall–Kier alpha value is -1.78. The summed E-state index contributed by atoms with van der Waals surface area (Å²) in [7, 11) is -3.65. The van der Waals surface area contributed by atoms with Gasteiger partial charge in [-0.3, -0.25) is 4.79 Å². The van der Waals surface area contributed by atoms with Crippen LogP contribution in [0.2, 0.25) is 5.02 Å². The third-order valence-electron chi connectivity index (χ3n) is 4.86. The summed E-state index contributed by atoms with van der Waals surface area (Å²) in [6.45, 7) is 2.99. The van der Waals surface area contributed by atoms with Gasteiger partial charge in [0, 0.05) is 18.0 Å². The van der Waals surface area contributed by atoms with Gasteiger partial charge in [-0.2, -0.15) is 4.31 Å². The van der Waals surface area contributed by atoms with Crippen molar-refractivity contribution < 1.29 is 22.7 Å². The van der Waals surface area contributed by atoms with Gasteiger partial charge in [0.2, 0.25) is 10.0 Å². The molecule has 1 saturated heterocycles. The standard InChI is InChI=1S/C21H25ClN2O5S2/c1-15(16-3-5-17(30-2)6-4-16)23-21(25)14-29-20-8-7-18(13-19(20)22)31(26,27)24-9-11-28-12-10-24/h3-8,13,15H,9-12,14H2,1-2H3,(H,23,25)/t15-/m1/s1. The maximum atomic E-state index is 12.7.